The normalized spacial score (nSPS) is 10.5. The first-order valence-electron chi connectivity index (χ1n) is 11.8. The van der Waals surface area contributed by atoms with Gasteiger partial charge in [0.25, 0.3) is 5.91 Å². The van der Waals surface area contributed by atoms with E-state index < -0.39 is 24.5 Å². The predicted molar refractivity (Wildman–Crippen MR) is 139 cm³/mol. The molecule has 7 nitrogen and oxygen atoms in total. The molecule has 0 spiro atoms. The monoisotopic (exact) mass is 507 g/mol. The quantitative estimate of drug-likeness (QED) is 0.268. The summed E-state index contributed by atoms with van der Waals surface area (Å²) in [6, 6.07) is 16.6. The summed E-state index contributed by atoms with van der Waals surface area (Å²) in [5, 5.41) is 3.00. The van der Waals surface area contributed by atoms with Gasteiger partial charge in [0.15, 0.2) is 12.4 Å². The molecular weight excluding hydrogens is 478 g/mol. The van der Waals surface area contributed by atoms with Crippen LogP contribution in [0.4, 0.5) is 5.00 Å². The minimum absolute atomic E-state index is 0.0104. The molecular formula is C28H29NO6S. The molecule has 1 N–H and O–H groups in total. The Morgan fingerprint density at radius 2 is 1.58 bits per heavy atom. The fourth-order valence-corrected chi connectivity index (χ4v) is 4.73. The van der Waals surface area contributed by atoms with Gasteiger partial charge in [-0.25, -0.2) is 4.79 Å². The van der Waals surface area contributed by atoms with Gasteiger partial charge in [-0.2, -0.15) is 0 Å². The van der Waals surface area contributed by atoms with Crippen LogP contribution >= 0.6 is 11.3 Å². The molecule has 0 radical (unpaired) electrons. The Hall–Kier alpha value is -3.78. The van der Waals surface area contributed by atoms with Gasteiger partial charge in [-0.1, -0.05) is 61.5 Å². The van der Waals surface area contributed by atoms with Crippen molar-refractivity contribution in [2.75, 3.05) is 18.5 Å². The van der Waals surface area contributed by atoms with Gasteiger partial charge in [-0.05, 0) is 31.4 Å². The highest BCUT2D eigenvalue weighted by atomic mass is 32.1. The lowest BCUT2D eigenvalue weighted by atomic mass is 10.0. The number of thiophene rings is 1. The second-order valence-electron chi connectivity index (χ2n) is 8.01. The van der Waals surface area contributed by atoms with Crippen molar-refractivity contribution < 1.29 is 28.7 Å². The predicted octanol–water partition coefficient (Wildman–Crippen LogP) is 5.61. The lowest BCUT2D eigenvalue weighted by Crippen LogP contribution is -2.22. The third-order valence-corrected chi connectivity index (χ3v) is 6.50. The minimum Gasteiger partial charge on any atom is -0.462 e. The zero-order valence-electron chi connectivity index (χ0n) is 20.6. The summed E-state index contributed by atoms with van der Waals surface area (Å²) in [6.07, 6.45) is 0.734. The van der Waals surface area contributed by atoms with E-state index in [1.165, 1.54) is 11.3 Å². The molecule has 36 heavy (non-hydrogen) atoms. The van der Waals surface area contributed by atoms with Crippen LogP contribution < -0.4 is 5.32 Å². The summed E-state index contributed by atoms with van der Waals surface area (Å²) in [5.74, 6) is -1.95. The van der Waals surface area contributed by atoms with Gasteiger partial charge in [0, 0.05) is 22.4 Å². The van der Waals surface area contributed by atoms with Crippen molar-refractivity contribution >= 4 is 40.0 Å². The van der Waals surface area contributed by atoms with E-state index in [-0.39, 0.29) is 30.8 Å². The highest BCUT2D eigenvalue weighted by Gasteiger charge is 2.25. The average molecular weight is 508 g/mol. The molecule has 0 aliphatic heterocycles. The summed E-state index contributed by atoms with van der Waals surface area (Å²) in [4.78, 5) is 50.5. The van der Waals surface area contributed by atoms with Gasteiger partial charge < -0.3 is 14.8 Å². The number of anilines is 1. The molecule has 0 aliphatic carbocycles. The smallest absolute Gasteiger partial charge is 0.341 e. The van der Waals surface area contributed by atoms with Crippen molar-refractivity contribution in [3.8, 4) is 11.1 Å². The number of ether oxygens (including phenoxy) is 2. The summed E-state index contributed by atoms with van der Waals surface area (Å²) < 4.78 is 10.3. The molecule has 1 aromatic heterocycles. The first-order valence-corrected chi connectivity index (χ1v) is 12.6. The second-order valence-corrected chi connectivity index (χ2v) is 9.23. The van der Waals surface area contributed by atoms with Crippen LogP contribution in [0.15, 0.2) is 54.6 Å². The highest BCUT2D eigenvalue weighted by Crippen LogP contribution is 2.40. The minimum atomic E-state index is -0.651. The van der Waals surface area contributed by atoms with Gasteiger partial charge in [-0.15, -0.1) is 11.3 Å². The fourth-order valence-electron chi connectivity index (χ4n) is 3.65. The van der Waals surface area contributed by atoms with Crippen LogP contribution in [0.2, 0.25) is 0 Å². The van der Waals surface area contributed by atoms with Crippen molar-refractivity contribution in [1.82, 2.24) is 0 Å². The highest BCUT2D eigenvalue weighted by molar-refractivity contribution is 7.17. The van der Waals surface area contributed by atoms with Gasteiger partial charge in [0.1, 0.15) is 10.6 Å². The molecule has 0 fully saturated rings. The van der Waals surface area contributed by atoms with E-state index in [1.807, 2.05) is 56.3 Å². The molecule has 1 heterocycles. The number of carbonyl (C=O) groups excluding carboxylic acids is 4. The summed E-state index contributed by atoms with van der Waals surface area (Å²) in [6.45, 7) is 5.26. The number of nitrogens with one attached hydrogen (secondary N) is 1. The van der Waals surface area contributed by atoms with E-state index in [1.54, 1.807) is 19.1 Å². The molecule has 2 aromatic carbocycles. The summed E-state index contributed by atoms with van der Waals surface area (Å²) in [7, 11) is 0. The Labute approximate surface area is 214 Å². The van der Waals surface area contributed by atoms with E-state index in [4.69, 9.17) is 9.47 Å². The van der Waals surface area contributed by atoms with Crippen LogP contribution in [0.3, 0.4) is 0 Å². The number of esters is 2. The molecule has 8 heteroatoms. The van der Waals surface area contributed by atoms with E-state index in [2.05, 4.69) is 5.32 Å². The van der Waals surface area contributed by atoms with Crippen molar-refractivity contribution in [3.05, 3.63) is 76.2 Å². The fraction of sp³-hybridized carbons (Fsp3) is 0.286. The number of carbonyl (C=O) groups is 4. The largest absolute Gasteiger partial charge is 0.462 e. The zero-order valence-corrected chi connectivity index (χ0v) is 21.4. The standard InChI is InChI=1S/C28H29NO6S/c1-4-19-11-13-20(14-12-19)22(30)15-16-24(32)35-17-23(31)29-27-26(28(33)34-5-2)25(18(3)36-27)21-9-7-6-8-10-21/h6-14H,4-5,15-17H2,1-3H3,(H,29,31). The van der Waals surface area contributed by atoms with E-state index in [0.29, 0.717) is 16.1 Å². The zero-order chi connectivity index (χ0) is 26.1. The number of amides is 1. The van der Waals surface area contributed by atoms with Crippen LogP contribution in [-0.4, -0.2) is 36.8 Å². The average Bonchev–Trinajstić information content (AvgIpc) is 3.21. The number of hydrogen-bond donors (Lipinski definition) is 1. The van der Waals surface area contributed by atoms with Crippen LogP contribution in [0.25, 0.3) is 11.1 Å². The molecule has 0 atom stereocenters. The summed E-state index contributed by atoms with van der Waals surface area (Å²) in [5.41, 5.74) is 3.45. The third kappa shape index (κ3) is 6.88. The lowest BCUT2D eigenvalue weighted by Gasteiger charge is -2.09. The molecule has 188 valence electrons. The topological polar surface area (TPSA) is 98.8 Å². The molecule has 3 aromatic rings. The number of benzene rings is 2. The number of rotatable bonds is 11. The number of Topliss-reactive ketones (excluding diaryl/α,β-unsaturated/α-hetero) is 1. The SMILES string of the molecule is CCOC(=O)c1c(NC(=O)COC(=O)CCC(=O)c2ccc(CC)cc2)sc(C)c1-c1ccccc1. The molecule has 1 amide bonds. The van der Waals surface area contributed by atoms with Gasteiger partial charge in [0.05, 0.1) is 13.0 Å². The van der Waals surface area contributed by atoms with Crippen molar-refractivity contribution in [2.24, 2.45) is 0 Å². The molecule has 0 unspecified atom stereocenters. The molecule has 0 bridgehead atoms. The molecule has 0 saturated carbocycles. The van der Waals surface area contributed by atoms with Gasteiger partial charge in [0.2, 0.25) is 0 Å². The van der Waals surface area contributed by atoms with E-state index >= 15 is 0 Å². The maximum Gasteiger partial charge on any atom is 0.341 e. The number of ketones is 1. The summed E-state index contributed by atoms with van der Waals surface area (Å²) >= 11 is 1.25. The second kappa shape index (κ2) is 12.8. The van der Waals surface area contributed by atoms with E-state index in [0.717, 1.165) is 22.4 Å². The Bertz CT molecular complexity index is 1230. The van der Waals surface area contributed by atoms with Crippen LogP contribution in [-0.2, 0) is 25.5 Å². The molecule has 0 aliphatic rings. The van der Waals surface area contributed by atoms with Crippen molar-refractivity contribution in [2.45, 2.75) is 40.0 Å². The van der Waals surface area contributed by atoms with Gasteiger partial charge in [-0.3, -0.25) is 14.4 Å². The maximum atomic E-state index is 12.7. The number of aryl methyl sites for hydroxylation is 2. The molecule has 3 rings (SSSR count). The van der Waals surface area contributed by atoms with Crippen molar-refractivity contribution in [1.29, 1.82) is 0 Å². The van der Waals surface area contributed by atoms with Crippen LogP contribution in [0, 0.1) is 6.92 Å². The Balaban J connectivity index is 1.60. The first-order chi connectivity index (χ1) is 17.3. The maximum absolute atomic E-state index is 12.7. The Morgan fingerprint density at radius 1 is 0.889 bits per heavy atom. The van der Waals surface area contributed by atoms with Crippen LogP contribution in [0.1, 0.15) is 57.8 Å². The Morgan fingerprint density at radius 3 is 2.22 bits per heavy atom. The lowest BCUT2D eigenvalue weighted by molar-refractivity contribution is -0.147. The third-order valence-electron chi connectivity index (χ3n) is 5.48. The van der Waals surface area contributed by atoms with Crippen molar-refractivity contribution in [3.63, 3.8) is 0 Å². The Kier molecular flexibility index (Phi) is 9.53. The first kappa shape index (κ1) is 26.8. The number of hydrogen-bond acceptors (Lipinski definition) is 7. The van der Waals surface area contributed by atoms with Crippen LogP contribution in [0.5, 0.6) is 0 Å². The molecule has 0 saturated heterocycles. The van der Waals surface area contributed by atoms with Gasteiger partial charge >= 0.3 is 11.9 Å². The van der Waals surface area contributed by atoms with E-state index in [9.17, 15) is 19.2 Å².